The van der Waals surface area contributed by atoms with Gasteiger partial charge in [0.1, 0.15) is 17.8 Å². The summed E-state index contributed by atoms with van der Waals surface area (Å²) in [4.78, 5) is 39.2. The smallest absolute Gasteiger partial charge is 0.338 e. The van der Waals surface area contributed by atoms with Gasteiger partial charge in [-0.25, -0.2) is 9.59 Å². The molecule has 8 atom stereocenters. The lowest BCUT2D eigenvalue weighted by Crippen LogP contribution is -2.76. The molecule has 1 saturated heterocycles. The monoisotopic (exact) mass is 562 g/mol. The minimum atomic E-state index is -1.25. The first-order chi connectivity index (χ1) is 19.4. The predicted molar refractivity (Wildman–Crippen MR) is 150 cm³/mol. The van der Waals surface area contributed by atoms with Crippen LogP contribution in [0.25, 0.3) is 6.08 Å². The SMILES string of the molecule is CC(=O)O[C@H]1CC[C@@H](C)[C@]23OC(C)(C)[C@H]([C@H](OC(=O)C=Cc4ccccc4)[C@H](OC(=O)c4ccccc4)[C@]12C)[C@H]3O. The Balaban J connectivity index is 1.62. The average molecular weight is 563 g/mol. The summed E-state index contributed by atoms with van der Waals surface area (Å²) in [6, 6.07) is 17.9. The van der Waals surface area contributed by atoms with Crippen molar-refractivity contribution in [2.45, 2.75) is 83.1 Å². The van der Waals surface area contributed by atoms with E-state index in [0.29, 0.717) is 18.4 Å². The van der Waals surface area contributed by atoms with Crippen molar-refractivity contribution in [3.8, 4) is 0 Å². The van der Waals surface area contributed by atoms with Gasteiger partial charge in [0.05, 0.1) is 28.6 Å². The van der Waals surface area contributed by atoms with E-state index in [2.05, 4.69) is 0 Å². The number of aliphatic hydroxyl groups excluding tert-OH is 1. The van der Waals surface area contributed by atoms with Gasteiger partial charge in [-0.2, -0.15) is 0 Å². The minimum absolute atomic E-state index is 0.175. The summed E-state index contributed by atoms with van der Waals surface area (Å²) in [6.45, 7) is 8.84. The van der Waals surface area contributed by atoms with Gasteiger partial charge in [0.25, 0.3) is 0 Å². The van der Waals surface area contributed by atoms with E-state index in [1.165, 1.54) is 13.0 Å². The van der Waals surface area contributed by atoms with Crippen LogP contribution in [-0.4, -0.2) is 58.6 Å². The molecular formula is C33H38O8. The molecule has 8 nitrogen and oxygen atoms in total. The molecule has 218 valence electrons. The average Bonchev–Trinajstić information content (AvgIpc) is 3.12. The second-order valence-corrected chi connectivity index (χ2v) is 12.2. The van der Waals surface area contributed by atoms with Crippen LogP contribution in [-0.2, 0) is 28.5 Å². The Morgan fingerprint density at radius 1 is 0.927 bits per heavy atom. The van der Waals surface area contributed by atoms with Crippen molar-refractivity contribution < 1.29 is 38.4 Å². The summed E-state index contributed by atoms with van der Waals surface area (Å²) >= 11 is 0. The van der Waals surface area contributed by atoms with E-state index in [1.807, 2.05) is 58.0 Å². The summed E-state index contributed by atoms with van der Waals surface area (Å²) in [5.41, 5.74) is -2.31. The van der Waals surface area contributed by atoms with Crippen molar-refractivity contribution in [2.24, 2.45) is 17.3 Å². The second kappa shape index (κ2) is 10.7. The van der Waals surface area contributed by atoms with Crippen LogP contribution in [0.3, 0.4) is 0 Å². The Bertz CT molecular complexity index is 1320. The molecule has 3 aliphatic rings. The Kier molecular flexibility index (Phi) is 7.59. The summed E-state index contributed by atoms with van der Waals surface area (Å²) in [5, 5.41) is 12.1. The summed E-state index contributed by atoms with van der Waals surface area (Å²) < 4.78 is 25.1. The molecule has 3 fully saturated rings. The van der Waals surface area contributed by atoms with E-state index in [4.69, 9.17) is 18.9 Å². The molecule has 2 aromatic carbocycles. The Labute approximate surface area is 240 Å². The van der Waals surface area contributed by atoms with E-state index in [9.17, 15) is 19.5 Å². The topological polar surface area (TPSA) is 108 Å². The summed E-state index contributed by atoms with van der Waals surface area (Å²) in [6.07, 6.45) is 0.00673. The number of fused-ring (bicyclic) bond motifs is 1. The van der Waals surface area contributed by atoms with E-state index >= 15 is 0 Å². The zero-order chi connectivity index (χ0) is 29.6. The maximum Gasteiger partial charge on any atom is 0.338 e. The van der Waals surface area contributed by atoms with Crippen molar-refractivity contribution in [2.75, 3.05) is 0 Å². The third-order valence-corrected chi connectivity index (χ3v) is 9.38. The molecule has 8 heteroatoms. The molecule has 5 rings (SSSR count). The first-order valence-electron chi connectivity index (χ1n) is 14.2. The predicted octanol–water partition coefficient (Wildman–Crippen LogP) is 4.74. The highest BCUT2D eigenvalue weighted by molar-refractivity contribution is 5.90. The third kappa shape index (κ3) is 4.77. The Morgan fingerprint density at radius 2 is 1.56 bits per heavy atom. The normalized spacial score (nSPS) is 35.4. The van der Waals surface area contributed by atoms with Crippen LogP contribution in [0.5, 0.6) is 0 Å². The number of esters is 3. The highest BCUT2D eigenvalue weighted by Crippen LogP contribution is 2.67. The molecule has 0 unspecified atom stereocenters. The zero-order valence-electron chi connectivity index (χ0n) is 24.1. The largest absolute Gasteiger partial charge is 0.462 e. The highest BCUT2D eigenvalue weighted by Gasteiger charge is 2.81. The molecule has 2 aromatic rings. The number of hydrogen-bond donors (Lipinski definition) is 1. The third-order valence-electron chi connectivity index (χ3n) is 9.38. The molecule has 1 aliphatic heterocycles. The number of hydrogen-bond acceptors (Lipinski definition) is 8. The van der Waals surface area contributed by atoms with Crippen LogP contribution in [0.15, 0.2) is 66.7 Å². The lowest BCUT2D eigenvalue weighted by molar-refractivity contribution is -0.296. The van der Waals surface area contributed by atoms with Gasteiger partial charge in [0.2, 0.25) is 0 Å². The second-order valence-electron chi connectivity index (χ2n) is 12.2. The molecule has 2 saturated carbocycles. The first-order valence-corrected chi connectivity index (χ1v) is 14.2. The van der Waals surface area contributed by atoms with Crippen molar-refractivity contribution in [1.29, 1.82) is 0 Å². The van der Waals surface area contributed by atoms with Gasteiger partial charge >= 0.3 is 17.9 Å². The van der Waals surface area contributed by atoms with Crippen LogP contribution in [0.1, 0.15) is 63.4 Å². The van der Waals surface area contributed by atoms with Gasteiger partial charge in [0, 0.05) is 13.0 Å². The van der Waals surface area contributed by atoms with E-state index in [0.717, 1.165) is 5.56 Å². The molecule has 0 radical (unpaired) electrons. The number of ether oxygens (including phenoxy) is 4. The quantitative estimate of drug-likeness (QED) is 0.306. The minimum Gasteiger partial charge on any atom is -0.462 e. The van der Waals surface area contributed by atoms with Crippen LogP contribution < -0.4 is 0 Å². The standard InChI is InChI=1S/C33H38O8/c1-20-16-18-24(38-21(2)34)32(5)29(40-30(37)23-14-10-7-11-15-23)27(26-28(36)33(20,32)41-31(26,3)4)39-25(35)19-17-22-12-8-6-9-13-22/h6-15,17,19-20,24,26-29,36H,16,18H2,1-5H3/t20-,24+,26-,27+,28-,29+,32+,33-/m1/s1. The molecule has 1 N–H and O–H groups in total. The lowest BCUT2D eigenvalue weighted by Gasteiger charge is -2.62. The molecular weight excluding hydrogens is 524 g/mol. The van der Waals surface area contributed by atoms with Gasteiger partial charge in [-0.1, -0.05) is 55.5 Å². The summed E-state index contributed by atoms with van der Waals surface area (Å²) in [5.74, 6) is -2.66. The summed E-state index contributed by atoms with van der Waals surface area (Å²) in [7, 11) is 0. The Morgan fingerprint density at radius 3 is 2.20 bits per heavy atom. The number of aliphatic hydroxyl groups is 1. The van der Waals surface area contributed by atoms with E-state index < -0.39 is 64.9 Å². The van der Waals surface area contributed by atoms with Gasteiger partial charge in [-0.3, -0.25) is 4.79 Å². The number of benzene rings is 2. The lowest BCUT2D eigenvalue weighted by atomic mass is 9.48. The number of rotatable bonds is 6. The van der Waals surface area contributed by atoms with Crippen LogP contribution >= 0.6 is 0 Å². The van der Waals surface area contributed by atoms with Gasteiger partial charge in [0.15, 0.2) is 6.10 Å². The van der Waals surface area contributed by atoms with Crippen LogP contribution in [0, 0.1) is 17.3 Å². The van der Waals surface area contributed by atoms with E-state index in [1.54, 1.807) is 36.4 Å². The van der Waals surface area contributed by atoms with Crippen molar-refractivity contribution in [3.05, 3.63) is 77.9 Å². The first kappa shape index (κ1) is 29.0. The molecule has 41 heavy (non-hydrogen) atoms. The van der Waals surface area contributed by atoms with Gasteiger partial charge in [-0.15, -0.1) is 0 Å². The molecule has 2 bridgehead atoms. The fourth-order valence-corrected chi connectivity index (χ4v) is 7.61. The molecule has 1 spiro atoms. The van der Waals surface area contributed by atoms with Gasteiger partial charge in [-0.05, 0) is 63.3 Å². The Hall–Kier alpha value is -3.49. The highest BCUT2D eigenvalue weighted by atomic mass is 16.6. The fourth-order valence-electron chi connectivity index (χ4n) is 7.61. The maximum absolute atomic E-state index is 13.6. The van der Waals surface area contributed by atoms with Crippen molar-refractivity contribution in [1.82, 2.24) is 0 Å². The van der Waals surface area contributed by atoms with Crippen molar-refractivity contribution in [3.63, 3.8) is 0 Å². The van der Waals surface area contributed by atoms with Crippen molar-refractivity contribution >= 4 is 24.0 Å². The van der Waals surface area contributed by atoms with E-state index in [-0.39, 0.29) is 5.92 Å². The maximum atomic E-state index is 13.6. The number of carbonyl (C=O) groups excluding carboxylic acids is 3. The van der Waals surface area contributed by atoms with Crippen LogP contribution in [0.2, 0.25) is 0 Å². The van der Waals surface area contributed by atoms with Gasteiger partial charge < -0.3 is 24.1 Å². The molecule has 0 amide bonds. The molecule has 2 aliphatic carbocycles. The van der Waals surface area contributed by atoms with Crippen LogP contribution in [0.4, 0.5) is 0 Å². The molecule has 0 aromatic heterocycles. The number of carbonyl (C=O) groups is 3. The molecule has 1 heterocycles. The fraction of sp³-hybridized carbons (Fsp3) is 0.485. The zero-order valence-corrected chi connectivity index (χ0v) is 24.1.